The molecule has 3 aliphatic rings. The van der Waals surface area contributed by atoms with Crippen LogP contribution in [0, 0.1) is 0 Å². The first-order valence-electron chi connectivity index (χ1n) is 7.44. The standard InChI is InChI=1S/C15H25NO/c1-2-7-15(8-3-1)9-4-14(17-15)12-13-5-10-16-11-6-13/h12,14,16H,1-11H2. The first kappa shape index (κ1) is 11.7. The maximum absolute atomic E-state index is 6.40. The van der Waals surface area contributed by atoms with Crippen molar-refractivity contribution in [3.8, 4) is 0 Å². The van der Waals surface area contributed by atoms with Crippen LogP contribution in [-0.4, -0.2) is 24.8 Å². The molecule has 1 atom stereocenters. The third-order valence-electron chi connectivity index (χ3n) is 4.72. The second-order valence-corrected chi connectivity index (χ2v) is 6.01. The van der Waals surface area contributed by atoms with Crippen LogP contribution in [0.3, 0.4) is 0 Å². The molecule has 1 aliphatic carbocycles. The molecule has 1 spiro atoms. The van der Waals surface area contributed by atoms with E-state index in [9.17, 15) is 0 Å². The topological polar surface area (TPSA) is 21.3 Å². The van der Waals surface area contributed by atoms with Gasteiger partial charge in [-0.2, -0.15) is 0 Å². The quantitative estimate of drug-likeness (QED) is 0.705. The second kappa shape index (κ2) is 5.11. The molecular weight excluding hydrogens is 210 g/mol. The zero-order valence-electron chi connectivity index (χ0n) is 10.8. The van der Waals surface area contributed by atoms with Gasteiger partial charge in [-0.3, -0.25) is 0 Å². The number of piperidine rings is 1. The lowest BCUT2D eigenvalue weighted by Crippen LogP contribution is -2.31. The molecule has 0 bridgehead atoms. The van der Waals surface area contributed by atoms with E-state index in [1.54, 1.807) is 5.57 Å². The lowest BCUT2D eigenvalue weighted by molar-refractivity contribution is -0.0484. The lowest BCUT2D eigenvalue weighted by atomic mass is 9.83. The van der Waals surface area contributed by atoms with Gasteiger partial charge >= 0.3 is 0 Å². The van der Waals surface area contributed by atoms with Crippen molar-refractivity contribution in [3.63, 3.8) is 0 Å². The number of ether oxygens (including phenoxy) is 1. The molecule has 2 aliphatic heterocycles. The highest BCUT2D eigenvalue weighted by molar-refractivity contribution is 5.10. The maximum atomic E-state index is 6.40. The molecule has 1 N–H and O–H groups in total. The molecule has 0 radical (unpaired) electrons. The number of hydrogen-bond donors (Lipinski definition) is 1. The van der Waals surface area contributed by atoms with Gasteiger partial charge in [-0.15, -0.1) is 0 Å². The van der Waals surface area contributed by atoms with Crippen molar-refractivity contribution >= 4 is 0 Å². The van der Waals surface area contributed by atoms with E-state index in [-0.39, 0.29) is 5.60 Å². The third kappa shape index (κ3) is 2.74. The number of nitrogens with one attached hydrogen (secondary N) is 1. The molecular formula is C15H25NO. The second-order valence-electron chi connectivity index (χ2n) is 6.01. The van der Waals surface area contributed by atoms with Gasteiger partial charge in [0.15, 0.2) is 0 Å². The Bertz CT molecular complexity index is 283. The smallest absolute Gasteiger partial charge is 0.0767 e. The average Bonchev–Trinajstić information content (AvgIpc) is 2.74. The van der Waals surface area contributed by atoms with Crippen LogP contribution in [0.2, 0.25) is 0 Å². The minimum absolute atomic E-state index is 0.285. The van der Waals surface area contributed by atoms with Crippen LogP contribution >= 0.6 is 0 Å². The van der Waals surface area contributed by atoms with Gasteiger partial charge in [0.2, 0.25) is 0 Å². The van der Waals surface area contributed by atoms with Gasteiger partial charge in [0.05, 0.1) is 11.7 Å². The van der Waals surface area contributed by atoms with E-state index in [1.807, 2.05) is 0 Å². The number of hydrogen-bond acceptors (Lipinski definition) is 2. The van der Waals surface area contributed by atoms with Crippen LogP contribution in [0.1, 0.15) is 57.8 Å². The molecule has 0 amide bonds. The van der Waals surface area contributed by atoms with Gasteiger partial charge in [0.1, 0.15) is 0 Å². The van der Waals surface area contributed by atoms with E-state index in [1.165, 1.54) is 57.8 Å². The van der Waals surface area contributed by atoms with Crippen LogP contribution < -0.4 is 5.32 Å². The summed E-state index contributed by atoms with van der Waals surface area (Å²) in [5.41, 5.74) is 1.91. The van der Waals surface area contributed by atoms with Gasteiger partial charge in [0.25, 0.3) is 0 Å². The minimum atomic E-state index is 0.285. The SMILES string of the molecule is C(=C1CCNCC1)C1CCC2(CCCCC2)O1. The molecule has 17 heavy (non-hydrogen) atoms. The fourth-order valence-electron chi connectivity index (χ4n) is 3.70. The fraction of sp³-hybridized carbons (Fsp3) is 0.867. The summed E-state index contributed by atoms with van der Waals surface area (Å²) >= 11 is 0. The van der Waals surface area contributed by atoms with Crippen molar-refractivity contribution in [1.29, 1.82) is 0 Å². The van der Waals surface area contributed by atoms with E-state index >= 15 is 0 Å². The molecule has 2 nitrogen and oxygen atoms in total. The summed E-state index contributed by atoms with van der Waals surface area (Å²) in [6.07, 6.45) is 14.7. The average molecular weight is 235 g/mol. The molecule has 96 valence electrons. The molecule has 0 aromatic carbocycles. The Morgan fingerprint density at radius 3 is 2.59 bits per heavy atom. The highest BCUT2D eigenvalue weighted by atomic mass is 16.5. The molecule has 2 heterocycles. The highest BCUT2D eigenvalue weighted by Crippen LogP contribution is 2.42. The van der Waals surface area contributed by atoms with Crippen molar-refractivity contribution in [1.82, 2.24) is 5.32 Å². The van der Waals surface area contributed by atoms with Crippen molar-refractivity contribution in [2.45, 2.75) is 69.5 Å². The van der Waals surface area contributed by atoms with E-state index in [0.29, 0.717) is 6.10 Å². The summed E-state index contributed by atoms with van der Waals surface area (Å²) < 4.78 is 6.40. The fourth-order valence-corrected chi connectivity index (χ4v) is 3.70. The van der Waals surface area contributed by atoms with E-state index in [0.717, 1.165) is 13.1 Å². The Hall–Kier alpha value is -0.340. The van der Waals surface area contributed by atoms with Crippen molar-refractivity contribution < 1.29 is 4.74 Å². The monoisotopic (exact) mass is 235 g/mol. The zero-order chi connectivity index (χ0) is 11.6. The Morgan fingerprint density at radius 2 is 1.82 bits per heavy atom. The summed E-state index contributed by atoms with van der Waals surface area (Å²) in [5.74, 6) is 0. The predicted molar refractivity (Wildman–Crippen MR) is 70.1 cm³/mol. The molecule has 3 fully saturated rings. The molecule has 3 rings (SSSR count). The van der Waals surface area contributed by atoms with E-state index < -0.39 is 0 Å². The molecule has 2 saturated heterocycles. The summed E-state index contributed by atoms with van der Waals surface area (Å²) in [7, 11) is 0. The van der Waals surface area contributed by atoms with Gasteiger partial charge in [-0.1, -0.05) is 30.9 Å². The van der Waals surface area contributed by atoms with Crippen molar-refractivity contribution in [2.75, 3.05) is 13.1 Å². The zero-order valence-corrected chi connectivity index (χ0v) is 10.8. The largest absolute Gasteiger partial charge is 0.368 e. The summed E-state index contributed by atoms with van der Waals surface area (Å²) in [6, 6.07) is 0. The van der Waals surface area contributed by atoms with Crippen LogP contribution in [0.15, 0.2) is 11.6 Å². The number of rotatable bonds is 1. The molecule has 0 aromatic rings. The molecule has 1 saturated carbocycles. The Morgan fingerprint density at radius 1 is 1.06 bits per heavy atom. The minimum Gasteiger partial charge on any atom is -0.368 e. The van der Waals surface area contributed by atoms with Crippen LogP contribution in [0.4, 0.5) is 0 Å². The van der Waals surface area contributed by atoms with Crippen molar-refractivity contribution in [2.24, 2.45) is 0 Å². The van der Waals surface area contributed by atoms with Gasteiger partial charge in [-0.25, -0.2) is 0 Å². The van der Waals surface area contributed by atoms with Gasteiger partial charge in [0, 0.05) is 0 Å². The van der Waals surface area contributed by atoms with Gasteiger partial charge in [-0.05, 0) is 51.6 Å². The van der Waals surface area contributed by atoms with Crippen LogP contribution in [0.5, 0.6) is 0 Å². The highest BCUT2D eigenvalue weighted by Gasteiger charge is 2.40. The molecule has 0 aromatic heterocycles. The summed E-state index contributed by atoms with van der Waals surface area (Å²) in [6.45, 7) is 2.31. The van der Waals surface area contributed by atoms with Gasteiger partial charge < -0.3 is 10.1 Å². The Kier molecular flexibility index (Phi) is 3.53. The third-order valence-corrected chi connectivity index (χ3v) is 4.72. The first-order valence-corrected chi connectivity index (χ1v) is 7.44. The lowest BCUT2D eigenvalue weighted by Gasteiger charge is -2.33. The Balaban J connectivity index is 1.59. The normalized spacial score (nSPS) is 32.9. The predicted octanol–water partition coefficient (Wildman–Crippen LogP) is 3.18. The maximum Gasteiger partial charge on any atom is 0.0767 e. The van der Waals surface area contributed by atoms with Crippen molar-refractivity contribution in [3.05, 3.63) is 11.6 Å². The summed E-state index contributed by atoms with van der Waals surface area (Å²) in [5, 5.41) is 3.41. The molecule has 1 unspecified atom stereocenters. The Labute approximate surface area is 105 Å². The summed E-state index contributed by atoms with van der Waals surface area (Å²) in [4.78, 5) is 0. The van der Waals surface area contributed by atoms with E-state index in [4.69, 9.17) is 4.74 Å². The molecule has 2 heteroatoms. The van der Waals surface area contributed by atoms with E-state index in [2.05, 4.69) is 11.4 Å². The van der Waals surface area contributed by atoms with Crippen LogP contribution in [0.25, 0.3) is 0 Å². The van der Waals surface area contributed by atoms with Crippen LogP contribution in [-0.2, 0) is 4.74 Å². The first-order chi connectivity index (χ1) is 8.36.